The lowest BCUT2D eigenvalue weighted by molar-refractivity contribution is 0.317. The fourth-order valence-corrected chi connectivity index (χ4v) is 2.95. The Kier molecular flexibility index (Phi) is 10.7. The Labute approximate surface area is 146 Å². The summed E-state index contributed by atoms with van der Waals surface area (Å²) in [7, 11) is 0. The van der Waals surface area contributed by atoms with Gasteiger partial charge in [0, 0.05) is 5.56 Å². The molecule has 3 N–H and O–H groups in total. The third kappa shape index (κ3) is 8.23. The van der Waals surface area contributed by atoms with Crippen molar-refractivity contribution in [2.75, 3.05) is 0 Å². The van der Waals surface area contributed by atoms with Gasteiger partial charge in [-0.05, 0) is 31.0 Å². The van der Waals surface area contributed by atoms with E-state index in [1.807, 2.05) is 0 Å². The Balaban J connectivity index is 2.12. The average Bonchev–Trinajstić information content (AvgIpc) is 2.58. The molecular weight excluding hydrogens is 302 g/mol. The highest BCUT2D eigenvalue weighted by molar-refractivity contribution is 6.02. The molecule has 0 aromatic heterocycles. The first kappa shape index (κ1) is 20.3. The number of hydrogen-bond donors (Lipinski definition) is 3. The van der Waals surface area contributed by atoms with Gasteiger partial charge in [0.05, 0.1) is 5.71 Å². The van der Waals surface area contributed by atoms with Crippen LogP contribution >= 0.6 is 0 Å². The van der Waals surface area contributed by atoms with Gasteiger partial charge < -0.3 is 15.4 Å². The zero-order valence-corrected chi connectivity index (χ0v) is 15.0. The summed E-state index contributed by atoms with van der Waals surface area (Å²) in [5.74, 6) is 0.0894. The monoisotopic (exact) mass is 335 g/mol. The fraction of sp³-hybridized carbons (Fsp3) is 0.650. The molecule has 136 valence electrons. The van der Waals surface area contributed by atoms with Gasteiger partial charge in [-0.3, -0.25) is 0 Å². The number of benzene rings is 1. The predicted molar refractivity (Wildman–Crippen MR) is 99.2 cm³/mol. The lowest BCUT2D eigenvalue weighted by Crippen LogP contribution is -2.01. The maximum Gasteiger partial charge on any atom is 0.125 e. The number of rotatable bonds is 13. The summed E-state index contributed by atoms with van der Waals surface area (Å²) in [6.07, 6.45) is 14.5. The van der Waals surface area contributed by atoms with Crippen LogP contribution in [0.25, 0.3) is 0 Å². The second kappa shape index (κ2) is 12.7. The van der Waals surface area contributed by atoms with Gasteiger partial charge in [-0.25, -0.2) is 0 Å². The summed E-state index contributed by atoms with van der Waals surface area (Å²) >= 11 is 0. The van der Waals surface area contributed by atoms with E-state index in [1.54, 1.807) is 0 Å². The Bertz CT molecular complexity index is 486. The molecule has 0 amide bonds. The van der Waals surface area contributed by atoms with Gasteiger partial charge in [0.25, 0.3) is 0 Å². The van der Waals surface area contributed by atoms with Crippen LogP contribution in [-0.2, 0) is 0 Å². The van der Waals surface area contributed by atoms with E-state index in [2.05, 4.69) is 12.1 Å². The SMILES string of the molecule is CCCCCCCCCCCCC/C(=N/O)c1cc(O)ccc1O. The van der Waals surface area contributed by atoms with Crippen molar-refractivity contribution >= 4 is 5.71 Å². The Morgan fingerprint density at radius 3 is 1.92 bits per heavy atom. The van der Waals surface area contributed by atoms with Gasteiger partial charge in [-0.15, -0.1) is 0 Å². The van der Waals surface area contributed by atoms with Gasteiger partial charge in [0.2, 0.25) is 0 Å². The van der Waals surface area contributed by atoms with E-state index >= 15 is 0 Å². The molecule has 0 unspecified atom stereocenters. The van der Waals surface area contributed by atoms with Crippen LogP contribution in [0.2, 0.25) is 0 Å². The van der Waals surface area contributed by atoms with Crippen LogP contribution in [0, 0.1) is 0 Å². The van der Waals surface area contributed by atoms with E-state index in [9.17, 15) is 10.2 Å². The van der Waals surface area contributed by atoms with Crippen LogP contribution in [0.15, 0.2) is 23.4 Å². The number of nitrogens with zero attached hydrogens (tertiary/aromatic N) is 1. The molecule has 0 aliphatic carbocycles. The predicted octanol–water partition coefficient (Wildman–Crippen LogP) is 5.98. The molecule has 0 fully saturated rings. The van der Waals surface area contributed by atoms with Gasteiger partial charge in [-0.1, -0.05) is 76.3 Å². The molecular formula is C20H33NO3. The second-order valence-electron chi connectivity index (χ2n) is 6.53. The van der Waals surface area contributed by atoms with Crippen LogP contribution in [-0.4, -0.2) is 21.1 Å². The molecule has 0 aliphatic heterocycles. The van der Waals surface area contributed by atoms with Crippen LogP contribution in [0.5, 0.6) is 11.5 Å². The molecule has 4 nitrogen and oxygen atoms in total. The summed E-state index contributed by atoms with van der Waals surface area (Å²) in [5, 5.41) is 31.7. The molecule has 0 atom stereocenters. The summed E-state index contributed by atoms with van der Waals surface area (Å²) < 4.78 is 0. The van der Waals surface area contributed by atoms with E-state index in [4.69, 9.17) is 5.21 Å². The normalized spacial score (nSPS) is 11.8. The average molecular weight is 335 g/mol. The Hall–Kier alpha value is -1.71. The Morgan fingerprint density at radius 2 is 1.38 bits per heavy atom. The van der Waals surface area contributed by atoms with Gasteiger partial charge in [0.1, 0.15) is 11.5 Å². The zero-order chi connectivity index (χ0) is 17.6. The molecule has 0 saturated heterocycles. The summed E-state index contributed by atoms with van der Waals surface area (Å²) in [6.45, 7) is 2.24. The molecule has 1 aromatic carbocycles. The van der Waals surface area contributed by atoms with Gasteiger partial charge in [-0.2, -0.15) is 0 Å². The van der Waals surface area contributed by atoms with Crippen molar-refractivity contribution in [3.63, 3.8) is 0 Å². The van der Waals surface area contributed by atoms with Crippen molar-refractivity contribution in [1.29, 1.82) is 0 Å². The molecule has 0 radical (unpaired) electrons. The van der Waals surface area contributed by atoms with Crippen molar-refractivity contribution in [3.8, 4) is 11.5 Å². The third-order valence-corrected chi connectivity index (χ3v) is 4.43. The Morgan fingerprint density at radius 1 is 0.833 bits per heavy atom. The third-order valence-electron chi connectivity index (χ3n) is 4.43. The van der Waals surface area contributed by atoms with E-state index in [0.29, 0.717) is 17.7 Å². The van der Waals surface area contributed by atoms with Crippen LogP contribution in [0.4, 0.5) is 0 Å². The van der Waals surface area contributed by atoms with Gasteiger partial charge >= 0.3 is 0 Å². The molecule has 0 spiro atoms. The number of phenols is 2. The van der Waals surface area contributed by atoms with E-state index < -0.39 is 0 Å². The number of aromatic hydroxyl groups is 2. The summed E-state index contributed by atoms with van der Waals surface area (Å²) in [4.78, 5) is 0. The van der Waals surface area contributed by atoms with Gasteiger partial charge in [0.15, 0.2) is 0 Å². The minimum atomic E-state index is 0.0312. The first-order valence-electron chi connectivity index (χ1n) is 9.42. The number of oxime groups is 1. The van der Waals surface area contributed by atoms with Crippen molar-refractivity contribution < 1.29 is 15.4 Å². The number of unbranched alkanes of at least 4 members (excludes halogenated alkanes) is 10. The summed E-state index contributed by atoms with van der Waals surface area (Å²) in [5.41, 5.74) is 0.837. The molecule has 24 heavy (non-hydrogen) atoms. The topological polar surface area (TPSA) is 73.1 Å². The van der Waals surface area contributed by atoms with Crippen molar-refractivity contribution in [2.45, 2.75) is 84.0 Å². The standard InChI is InChI=1S/C20H33NO3/c1-2-3-4-5-6-7-8-9-10-11-12-13-19(21-24)18-16-17(22)14-15-20(18)23/h14-16,22-24H,2-13H2,1H3/b21-19-. The van der Waals surface area contributed by atoms with Crippen LogP contribution < -0.4 is 0 Å². The molecule has 1 rings (SSSR count). The van der Waals surface area contributed by atoms with Crippen molar-refractivity contribution in [3.05, 3.63) is 23.8 Å². The smallest absolute Gasteiger partial charge is 0.125 e. The van der Waals surface area contributed by atoms with E-state index in [0.717, 1.165) is 12.8 Å². The molecule has 4 heteroatoms. The number of phenolic OH excluding ortho intramolecular Hbond substituents is 2. The highest BCUT2D eigenvalue weighted by atomic mass is 16.4. The van der Waals surface area contributed by atoms with Crippen molar-refractivity contribution in [1.82, 2.24) is 0 Å². The lowest BCUT2D eigenvalue weighted by Gasteiger charge is -2.08. The quantitative estimate of drug-likeness (QED) is 0.136. The minimum Gasteiger partial charge on any atom is -0.508 e. The molecule has 0 heterocycles. The molecule has 0 aliphatic rings. The van der Waals surface area contributed by atoms with Crippen LogP contribution in [0.1, 0.15) is 89.5 Å². The molecule has 0 bridgehead atoms. The first-order chi connectivity index (χ1) is 11.7. The van der Waals surface area contributed by atoms with E-state index in [1.165, 1.54) is 76.0 Å². The van der Waals surface area contributed by atoms with Crippen LogP contribution in [0.3, 0.4) is 0 Å². The lowest BCUT2D eigenvalue weighted by atomic mass is 10.0. The maximum absolute atomic E-state index is 9.81. The number of hydrogen-bond acceptors (Lipinski definition) is 4. The maximum atomic E-state index is 9.81. The molecule has 1 aromatic rings. The summed E-state index contributed by atoms with van der Waals surface area (Å²) in [6, 6.07) is 4.26. The van der Waals surface area contributed by atoms with E-state index in [-0.39, 0.29) is 11.5 Å². The minimum absolute atomic E-state index is 0.0312. The van der Waals surface area contributed by atoms with Crippen molar-refractivity contribution in [2.24, 2.45) is 5.16 Å². The largest absolute Gasteiger partial charge is 0.508 e. The highest BCUT2D eigenvalue weighted by Gasteiger charge is 2.10. The second-order valence-corrected chi connectivity index (χ2v) is 6.53. The highest BCUT2D eigenvalue weighted by Crippen LogP contribution is 2.24. The first-order valence-corrected chi connectivity index (χ1v) is 9.42. The fourth-order valence-electron chi connectivity index (χ4n) is 2.95. The zero-order valence-electron chi connectivity index (χ0n) is 15.0. The molecule has 0 saturated carbocycles.